The van der Waals surface area contributed by atoms with Crippen molar-refractivity contribution in [3.63, 3.8) is 0 Å². The van der Waals surface area contributed by atoms with E-state index in [1.807, 2.05) is 0 Å². The lowest BCUT2D eigenvalue weighted by atomic mass is 9.98. The molecule has 0 amide bonds. The average molecular weight is 743 g/mol. The highest BCUT2D eigenvalue weighted by molar-refractivity contribution is 5.89. The number of fused-ring (bicyclic) bond motifs is 1. The van der Waals surface area contributed by atoms with Gasteiger partial charge in [-0.25, -0.2) is 0 Å². The molecule has 53 heavy (non-hydrogen) atoms. The van der Waals surface area contributed by atoms with Crippen LogP contribution < -0.4 is 24.4 Å². The second-order valence-corrected chi connectivity index (χ2v) is 11.4. The van der Waals surface area contributed by atoms with Crippen LogP contribution in [-0.2, 0) is 57.2 Å². The first-order valence-corrected chi connectivity index (χ1v) is 15.7. The van der Waals surface area contributed by atoms with Gasteiger partial charge in [-0.3, -0.25) is 38.4 Å². The normalized spacial score (nSPS) is 19.3. The summed E-state index contributed by atoms with van der Waals surface area (Å²) in [5, 5.41) is -0.199. The van der Waals surface area contributed by atoms with Crippen LogP contribution in [0.5, 0.6) is 23.0 Å². The zero-order valence-corrected chi connectivity index (χ0v) is 29.4. The van der Waals surface area contributed by atoms with Crippen molar-refractivity contribution >= 4 is 52.8 Å². The Morgan fingerprint density at radius 1 is 0.604 bits per heavy atom. The van der Waals surface area contributed by atoms with Crippen LogP contribution in [0.25, 0.3) is 22.3 Å². The smallest absolute Gasteiger partial charge is 0.308 e. The minimum absolute atomic E-state index is 0.0801. The van der Waals surface area contributed by atoms with E-state index in [1.54, 1.807) is 0 Å². The van der Waals surface area contributed by atoms with E-state index >= 15 is 0 Å². The van der Waals surface area contributed by atoms with E-state index in [4.69, 9.17) is 47.0 Å². The number of hydrogen-bond donors (Lipinski definition) is 0. The highest BCUT2D eigenvalue weighted by Crippen LogP contribution is 2.38. The number of rotatable bonds is 11. The largest absolute Gasteiger partial charge is 0.463 e. The molecular formula is C35H34O18. The number of carbonyl (C=O) groups excluding carboxylic acids is 7. The first-order chi connectivity index (χ1) is 24.9. The van der Waals surface area contributed by atoms with Crippen molar-refractivity contribution in [3.8, 4) is 34.3 Å². The number of ether oxygens (including phenoxy) is 9. The van der Waals surface area contributed by atoms with Crippen molar-refractivity contribution in [1.82, 2.24) is 0 Å². The second kappa shape index (κ2) is 16.8. The maximum atomic E-state index is 13.5. The fourth-order valence-corrected chi connectivity index (χ4v) is 5.23. The average Bonchev–Trinajstić information content (AvgIpc) is 3.02. The molecule has 1 fully saturated rings. The fourth-order valence-electron chi connectivity index (χ4n) is 5.23. The van der Waals surface area contributed by atoms with Crippen LogP contribution in [-0.4, -0.2) is 79.1 Å². The van der Waals surface area contributed by atoms with Gasteiger partial charge in [-0.05, 0) is 18.2 Å². The summed E-state index contributed by atoms with van der Waals surface area (Å²) in [7, 11) is 0. The molecule has 0 radical (unpaired) electrons. The lowest BCUT2D eigenvalue weighted by Gasteiger charge is -2.43. The summed E-state index contributed by atoms with van der Waals surface area (Å²) in [5.41, 5.74) is -0.699. The molecule has 1 aliphatic rings. The van der Waals surface area contributed by atoms with Crippen LogP contribution >= 0.6 is 0 Å². The van der Waals surface area contributed by atoms with Gasteiger partial charge in [-0.15, -0.1) is 0 Å². The molecule has 0 N–H and O–H groups in total. The van der Waals surface area contributed by atoms with Crippen LogP contribution in [0.15, 0.2) is 45.6 Å². The monoisotopic (exact) mass is 742 g/mol. The third-order valence-electron chi connectivity index (χ3n) is 6.96. The van der Waals surface area contributed by atoms with Gasteiger partial charge in [-0.1, -0.05) is 0 Å². The SMILES string of the molecule is CC(=O)OC[C@@H]1O[C@@H](Oc2cc(OC(C)=O)c3c(=O)cc(-c4ccc(OC(C)=O)c(OC(C)=O)c4)oc3c2)[C@H](OC(C)=O)[C@@H](OC(C)=O)[C@@H]1OC(C)=O. The predicted octanol–water partition coefficient (Wildman–Crippen LogP) is 2.70. The molecule has 18 heteroatoms. The maximum Gasteiger partial charge on any atom is 0.308 e. The maximum absolute atomic E-state index is 13.5. The highest BCUT2D eigenvalue weighted by atomic mass is 16.7. The molecule has 0 saturated carbocycles. The zero-order chi connectivity index (χ0) is 39.1. The van der Waals surface area contributed by atoms with Gasteiger partial charge >= 0.3 is 41.8 Å². The topological polar surface area (TPSA) is 233 Å². The summed E-state index contributed by atoms with van der Waals surface area (Å²) in [6.07, 6.45) is -7.66. The number of esters is 7. The number of carbonyl (C=O) groups is 7. The number of benzene rings is 2. The summed E-state index contributed by atoms with van der Waals surface area (Å²) >= 11 is 0. The van der Waals surface area contributed by atoms with Crippen LogP contribution in [0.3, 0.4) is 0 Å². The molecule has 1 aromatic heterocycles. The quantitative estimate of drug-likeness (QED) is 0.156. The van der Waals surface area contributed by atoms with Gasteiger partial charge in [0.2, 0.25) is 12.4 Å². The fraction of sp³-hybridized carbons (Fsp3) is 0.371. The summed E-state index contributed by atoms with van der Waals surface area (Å²) in [6, 6.07) is 7.44. The van der Waals surface area contributed by atoms with Crippen molar-refractivity contribution in [1.29, 1.82) is 0 Å². The Kier molecular flexibility index (Phi) is 12.5. The van der Waals surface area contributed by atoms with Crippen molar-refractivity contribution in [2.45, 2.75) is 79.2 Å². The van der Waals surface area contributed by atoms with Crippen LogP contribution in [0, 0.1) is 0 Å². The van der Waals surface area contributed by atoms with Crippen molar-refractivity contribution in [2.75, 3.05) is 6.61 Å². The van der Waals surface area contributed by atoms with Gasteiger partial charge in [0, 0.05) is 72.2 Å². The second-order valence-electron chi connectivity index (χ2n) is 11.4. The van der Waals surface area contributed by atoms with Gasteiger partial charge in [0.05, 0.1) is 0 Å². The van der Waals surface area contributed by atoms with Gasteiger partial charge in [0.15, 0.2) is 29.1 Å². The van der Waals surface area contributed by atoms with E-state index in [0.29, 0.717) is 0 Å². The standard InChI is InChI=1S/C35H34O18/c1-15(36)44-14-30-32(48-19(5)40)33(49-20(6)41)34(50-21(7)42)35(53-30)51-23-11-28(47-18(4)39)31-24(43)13-26(52-29(31)12-23)22-8-9-25(45-16(2)37)27(10-22)46-17(3)38/h8-13,30,32-35H,14H2,1-7H3/t30-,32+,33-,34+,35+/m0/s1. The molecule has 2 aromatic carbocycles. The molecular weight excluding hydrogens is 708 g/mol. The van der Waals surface area contributed by atoms with Crippen molar-refractivity contribution < 1.29 is 80.6 Å². The minimum Gasteiger partial charge on any atom is -0.463 e. The summed E-state index contributed by atoms with van der Waals surface area (Å²) in [6.45, 7) is 7.10. The Labute approximate surface area is 300 Å². The third-order valence-corrected chi connectivity index (χ3v) is 6.96. The molecule has 0 spiro atoms. The molecule has 18 nitrogen and oxygen atoms in total. The Hall–Kier alpha value is -6.30. The Morgan fingerprint density at radius 3 is 1.75 bits per heavy atom. The van der Waals surface area contributed by atoms with Gasteiger partial charge in [0.1, 0.15) is 40.9 Å². The number of hydrogen-bond acceptors (Lipinski definition) is 18. The van der Waals surface area contributed by atoms with Crippen molar-refractivity contribution in [3.05, 3.63) is 46.6 Å². The lowest BCUT2D eigenvalue weighted by Crippen LogP contribution is -2.63. The molecule has 1 aliphatic heterocycles. The summed E-state index contributed by atoms with van der Waals surface area (Å²) in [5.74, 6) is -6.42. The van der Waals surface area contributed by atoms with Crippen LogP contribution in [0.1, 0.15) is 48.5 Å². The third kappa shape index (κ3) is 10.4. The molecule has 282 valence electrons. The van der Waals surface area contributed by atoms with E-state index in [9.17, 15) is 38.4 Å². The van der Waals surface area contributed by atoms with Gasteiger partial charge < -0.3 is 47.0 Å². The first kappa shape index (κ1) is 39.5. The van der Waals surface area contributed by atoms with Gasteiger partial charge in [-0.2, -0.15) is 0 Å². The molecule has 1 saturated heterocycles. The molecule has 4 rings (SSSR count). The van der Waals surface area contributed by atoms with E-state index in [-0.39, 0.29) is 45.3 Å². The lowest BCUT2D eigenvalue weighted by molar-refractivity contribution is -0.288. The van der Waals surface area contributed by atoms with Crippen LogP contribution in [0.4, 0.5) is 0 Å². The van der Waals surface area contributed by atoms with E-state index in [1.165, 1.54) is 24.3 Å². The minimum atomic E-state index is -1.69. The Morgan fingerprint density at radius 2 is 1.17 bits per heavy atom. The van der Waals surface area contributed by atoms with Gasteiger partial charge in [0.25, 0.3) is 0 Å². The zero-order valence-electron chi connectivity index (χ0n) is 29.4. The predicted molar refractivity (Wildman–Crippen MR) is 174 cm³/mol. The molecule has 2 heterocycles. The molecule has 0 aliphatic carbocycles. The molecule has 0 unspecified atom stereocenters. The van der Waals surface area contributed by atoms with E-state index in [2.05, 4.69) is 0 Å². The molecule has 5 atom stereocenters. The molecule has 0 bridgehead atoms. The summed E-state index contributed by atoms with van der Waals surface area (Å²) < 4.78 is 55.0. The van der Waals surface area contributed by atoms with Crippen LogP contribution in [0.2, 0.25) is 0 Å². The summed E-state index contributed by atoms with van der Waals surface area (Å²) in [4.78, 5) is 97.2. The Balaban J connectivity index is 1.87. The van der Waals surface area contributed by atoms with E-state index < -0.39 is 84.5 Å². The van der Waals surface area contributed by atoms with Crippen molar-refractivity contribution in [2.24, 2.45) is 0 Å². The highest BCUT2D eigenvalue weighted by Gasteiger charge is 2.53. The Bertz CT molecular complexity index is 2010. The molecule has 3 aromatic rings. The first-order valence-electron chi connectivity index (χ1n) is 15.7. The van der Waals surface area contributed by atoms with E-state index in [0.717, 1.165) is 60.6 Å².